The zero-order valence-electron chi connectivity index (χ0n) is 17.8. The van der Waals surface area contributed by atoms with E-state index in [1.165, 1.54) is 28.4 Å². The first-order valence-electron chi connectivity index (χ1n) is 10.3. The molecule has 1 aliphatic rings. The second kappa shape index (κ2) is 7.63. The molecule has 0 N–H and O–H groups in total. The zero-order chi connectivity index (χ0) is 22.6. The summed E-state index contributed by atoms with van der Waals surface area (Å²) in [7, 11) is 0. The lowest BCUT2D eigenvalue weighted by Gasteiger charge is -2.22. The highest BCUT2D eigenvalue weighted by Crippen LogP contribution is 2.42. The molecule has 0 aliphatic carbocycles. The van der Waals surface area contributed by atoms with Crippen LogP contribution in [0, 0.1) is 18.7 Å². The molecule has 32 heavy (non-hydrogen) atoms. The Morgan fingerprint density at radius 3 is 2.59 bits per heavy atom. The summed E-state index contributed by atoms with van der Waals surface area (Å²) in [6.07, 6.45) is 0.730. The second-order valence-electron chi connectivity index (χ2n) is 8.38. The highest BCUT2D eigenvalue weighted by molar-refractivity contribution is 7.15. The number of aryl methyl sites for hydroxylation is 1. The van der Waals surface area contributed by atoms with E-state index >= 15 is 0 Å². The lowest BCUT2D eigenvalue weighted by molar-refractivity contribution is 0.0970. The van der Waals surface area contributed by atoms with Crippen molar-refractivity contribution >= 4 is 33.3 Å². The van der Waals surface area contributed by atoms with Crippen molar-refractivity contribution in [2.75, 3.05) is 4.90 Å². The number of rotatable bonds is 4. The van der Waals surface area contributed by atoms with Gasteiger partial charge in [-0.2, -0.15) is 0 Å². The van der Waals surface area contributed by atoms with E-state index in [1.54, 1.807) is 24.3 Å². The molecule has 0 unspecified atom stereocenters. The summed E-state index contributed by atoms with van der Waals surface area (Å²) < 4.78 is 19.6. The largest absolute Gasteiger partial charge is 0.450 e. The Balaban J connectivity index is 1.74. The highest BCUT2D eigenvalue weighted by Gasteiger charge is 2.45. The highest BCUT2D eigenvalue weighted by atomic mass is 32.1. The van der Waals surface area contributed by atoms with E-state index in [4.69, 9.17) is 4.42 Å². The fourth-order valence-electron chi connectivity index (χ4n) is 4.02. The summed E-state index contributed by atoms with van der Waals surface area (Å²) in [5.41, 5.74) is 1.82. The van der Waals surface area contributed by atoms with Crippen molar-refractivity contribution in [1.82, 2.24) is 10.2 Å². The number of nitrogens with zero attached hydrogens (tertiary/aromatic N) is 3. The SMILES string of the molecule is Cc1ccc2oc3c(c(=O)c2c1)[C@H](c1ccc(F)cc1)N(c1nnc(CC(C)C)s1)C3=O. The number of anilines is 1. The molecule has 4 aromatic rings. The van der Waals surface area contributed by atoms with E-state index < -0.39 is 17.8 Å². The lowest BCUT2D eigenvalue weighted by Crippen LogP contribution is -2.29. The average Bonchev–Trinajstić information content (AvgIpc) is 3.31. The first-order chi connectivity index (χ1) is 15.3. The van der Waals surface area contributed by atoms with Crippen LogP contribution in [0.25, 0.3) is 11.0 Å². The minimum absolute atomic E-state index is 0.0127. The first-order valence-corrected chi connectivity index (χ1v) is 11.1. The summed E-state index contributed by atoms with van der Waals surface area (Å²) in [5.74, 6) is -0.490. The molecular weight excluding hydrogens is 429 g/mol. The number of halogens is 1. The first kappa shape index (κ1) is 20.5. The molecule has 8 heteroatoms. The van der Waals surface area contributed by atoms with Gasteiger partial charge in [-0.15, -0.1) is 10.2 Å². The predicted octanol–water partition coefficient (Wildman–Crippen LogP) is 5.04. The Kier molecular flexibility index (Phi) is 4.89. The van der Waals surface area contributed by atoms with Gasteiger partial charge in [0.05, 0.1) is 17.0 Å². The summed E-state index contributed by atoms with van der Waals surface area (Å²) in [5, 5.41) is 10.1. The van der Waals surface area contributed by atoms with E-state index in [0.29, 0.717) is 27.6 Å². The number of carbonyl (C=O) groups excluding carboxylic acids is 1. The van der Waals surface area contributed by atoms with Crippen LogP contribution in [0.3, 0.4) is 0 Å². The van der Waals surface area contributed by atoms with Crippen molar-refractivity contribution in [1.29, 1.82) is 0 Å². The predicted molar refractivity (Wildman–Crippen MR) is 121 cm³/mol. The number of amides is 1. The third-order valence-electron chi connectivity index (χ3n) is 5.46. The van der Waals surface area contributed by atoms with Crippen molar-refractivity contribution in [3.63, 3.8) is 0 Å². The van der Waals surface area contributed by atoms with Crippen LogP contribution >= 0.6 is 11.3 Å². The maximum Gasteiger partial charge on any atom is 0.297 e. The van der Waals surface area contributed by atoms with Gasteiger partial charge in [0.1, 0.15) is 16.4 Å². The average molecular weight is 450 g/mol. The summed E-state index contributed by atoms with van der Waals surface area (Å²) >= 11 is 1.31. The Bertz CT molecular complexity index is 1410. The van der Waals surface area contributed by atoms with Crippen molar-refractivity contribution in [2.45, 2.75) is 33.2 Å². The molecule has 0 saturated carbocycles. The molecule has 1 atom stereocenters. The van der Waals surface area contributed by atoms with E-state index in [9.17, 15) is 14.0 Å². The standard InChI is InChI=1S/C24H20FN3O3S/c1-12(2)10-18-26-27-24(32-18)28-20(14-5-7-15(25)8-6-14)19-21(29)16-11-13(3)4-9-17(16)31-22(19)23(28)30/h4-9,11-12,20H,10H2,1-3H3/t20-/m0/s1. The van der Waals surface area contributed by atoms with Crippen LogP contribution in [0.1, 0.15) is 52.1 Å². The topological polar surface area (TPSA) is 76.3 Å². The summed E-state index contributed by atoms with van der Waals surface area (Å²) in [4.78, 5) is 28.5. The molecule has 0 radical (unpaired) electrons. The Morgan fingerprint density at radius 1 is 1.12 bits per heavy atom. The van der Waals surface area contributed by atoms with Crippen molar-refractivity contribution in [3.05, 3.63) is 86.0 Å². The number of hydrogen-bond acceptors (Lipinski definition) is 6. The maximum atomic E-state index is 13.6. The number of aromatic nitrogens is 2. The number of hydrogen-bond donors (Lipinski definition) is 0. The molecule has 0 fully saturated rings. The monoisotopic (exact) mass is 449 g/mol. The summed E-state index contributed by atoms with van der Waals surface area (Å²) in [6.45, 7) is 6.04. The zero-order valence-corrected chi connectivity index (χ0v) is 18.6. The van der Waals surface area contributed by atoms with Crippen molar-refractivity contribution in [3.8, 4) is 0 Å². The van der Waals surface area contributed by atoms with Gasteiger partial charge in [0.15, 0.2) is 5.43 Å². The molecule has 1 aliphatic heterocycles. The molecule has 3 heterocycles. The van der Waals surface area contributed by atoms with Crippen LogP contribution in [0.5, 0.6) is 0 Å². The molecule has 2 aromatic heterocycles. The molecule has 0 bridgehead atoms. The van der Waals surface area contributed by atoms with E-state index in [-0.39, 0.29) is 16.8 Å². The van der Waals surface area contributed by atoms with Crippen LogP contribution in [0.2, 0.25) is 0 Å². The molecule has 0 saturated heterocycles. The van der Waals surface area contributed by atoms with Gasteiger partial charge in [-0.3, -0.25) is 14.5 Å². The van der Waals surface area contributed by atoms with E-state index in [2.05, 4.69) is 24.0 Å². The van der Waals surface area contributed by atoms with Gasteiger partial charge in [0.2, 0.25) is 10.9 Å². The van der Waals surface area contributed by atoms with Crippen LogP contribution in [0.15, 0.2) is 51.7 Å². The van der Waals surface area contributed by atoms with Gasteiger partial charge in [-0.25, -0.2) is 4.39 Å². The van der Waals surface area contributed by atoms with E-state index in [0.717, 1.165) is 17.0 Å². The normalized spacial score (nSPS) is 15.7. The Labute approximate surface area is 187 Å². The van der Waals surface area contributed by atoms with Crippen molar-refractivity contribution < 1.29 is 13.6 Å². The fraction of sp³-hybridized carbons (Fsp3) is 0.250. The van der Waals surface area contributed by atoms with Crippen molar-refractivity contribution in [2.24, 2.45) is 5.92 Å². The number of benzene rings is 2. The minimum atomic E-state index is -0.779. The lowest BCUT2D eigenvalue weighted by atomic mass is 9.98. The van der Waals surface area contributed by atoms with Crippen LogP contribution in [-0.2, 0) is 6.42 Å². The smallest absolute Gasteiger partial charge is 0.297 e. The van der Waals surface area contributed by atoms with E-state index in [1.807, 2.05) is 13.0 Å². The Morgan fingerprint density at radius 2 is 1.88 bits per heavy atom. The molecular formula is C24H20FN3O3S. The fourth-order valence-corrected chi connectivity index (χ4v) is 5.10. The number of carbonyl (C=O) groups is 1. The maximum absolute atomic E-state index is 13.6. The van der Waals surface area contributed by atoms with Crippen LogP contribution in [-0.4, -0.2) is 16.1 Å². The quantitative estimate of drug-likeness (QED) is 0.436. The van der Waals surface area contributed by atoms with Crippen LogP contribution in [0.4, 0.5) is 9.52 Å². The van der Waals surface area contributed by atoms with Gasteiger partial charge in [0.25, 0.3) is 5.91 Å². The molecule has 0 spiro atoms. The molecule has 6 nitrogen and oxygen atoms in total. The van der Waals surface area contributed by atoms with Gasteiger partial charge >= 0.3 is 0 Å². The van der Waals surface area contributed by atoms with Gasteiger partial charge in [-0.05, 0) is 42.7 Å². The van der Waals surface area contributed by atoms with Gasteiger partial charge < -0.3 is 4.42 Å². The minimum Gasteiger partial charge on any atom is -0.450 e. The Hall–Kier alpha value is -3.39. The van der Waals surface area contributed by atoms with Gasteiger partial charge in [0, 0.05) is 6.42 Å². The third-order valence-corrected chi connectivity index (χ3v) is 6.40. The third kappa shape index (κ3) is 3.31. The molecule has 5 rings (SSSR count). The molecule has 2 aromatic carbocycles. The second-order valence-corrected chi connectivity index (χ2v) is 9.42. The summed E-state index contributed by atoms with van der Waals surface area (Å²) in [6, 6.07) is 10.3. The number of fused-ring (bicyclic) bond motifs is 2. The van der Waals surface area contributed by atoms with Gasteiger partial charge in [-0.1, -0.05) is 48.9 Å². The molecule has 1 amide bonds. The van der Waals surface area contributed by atoms with Crippen LogP contribution < -0.4 is 10.3 Å². The molecule has 162 valence electrons.